The number of hydrogen-bond donors (Lipinski definition) is 0. The highest BCUT2D eigenvalue weighted by Gasteiger charge is 2.14. The first-order chi connectivity index (χ1) is 17.1. The van der Waals surface area contributed by atoms with Crippen molar-refractivity contribution in [1.82, 2.24) is 0 Å². The van der Waals surface area contributed by atoms with Crippen molar-refractivity contribution in [2.45, 2.75) is 169 Å². The number of rotatable bonds is 23. The molecule has 0 aliphatic carbocycles. The van der Waals surface area contributed by atoms with Crippen molar-refractivity contribution in [3.05, 3.63) is 34.4 Å². The Morgan fingerprint density at radius 1 is 0.556 bits per heavy atom. The molecule has 1 atom stereocenters. The maximum absolute atomic E-state index is 11.6. The van der Waals surface area contributed by atoms with Crippen molar-refractivity contribution in [2.24, 2.45) is 0 Å². The Bertz CT molecular complexity index is 655. The normalized spacial score (nSPS) is 10.9. The first kappa shape index (κ1) is 35.1. The van der Waals surface area contributed by atoms with Gasteiger partial charge in [0.2, 0.25) is 0 Å². The summed E-state index contributed by atoms with van der Waals surface area (Å²) in [5.41, 5.74) is 5.94. The number of carbonyl (C=O) groups excluding carboxylic acids is 1. The topological polar surface area (TPSA) is 26.3 Å². The van der Waals surface area contributed by atoms with Gasteiger partial charge in [0, 0.05) is 6.92 Å². The lowest BCUT2D eigenvalue weighted by atomic mass is 9.87. The largest absolute Gasteiger partial charge is 0.461 e. The molecule has 0 bridgehead atoms. The zero-order valence-corrected chi connectivity index (χ0v) is 26.1. The van der Waals surface area contributed by atoms with Crippen LogP contribution in [0.5, 0.6) is 0 Å². The van der Waals surface area contributed by atoms with Crippen molar-refractivity contribution in [3.63, 3.8) is 0 Å². The fourth-order valence-electron chi connectivity index (χ4n) is 5.22. The van der Waals surface area contributed by atoms with Crippen LogP contribution in [0.2, 0.25) is 0 Å². The van der Waals surface area contributed by atoms with Crippen molar-refractivity contribution < 1.29 is 9.53 Å². The molecule has 1 unspecified atom stereocenters. The molecule has 0 spiro atoms. The Morgan fingerprint density at radius 2 is 0.917 bits per heavy atom. The van der Waals surface area contributed by atoms with Crippen molar-refractivity contribution in [2.75, 3.05) is 0 Å². The van der Waals surface area contributed by atoms with E-state index in [4.69, 9.17) is 4.74 Å². The summed E-state index contributed by atoms with van der Waals surface area (Å²) < 4.78 is 5.49. The van der Waals surface area contributed by atoms with Gasteiger partial charge in [-0.3, -0.25) is 4.79 Å². The van der Waals surface area contributed by atoms with E-state index in [-0.39, 0.29) is 15.9 Å². The van der Waals surface area contributed by atoms with Gasteiger partial charge in [-0.2, -0.15) is 9.90 Å². The van der Waals surface area contributed by atoms with Crippen LogP contribution in [0.3, 0.4) is 0 Å². The maximum Gasteiger partial charge on any atom is 0.302 e. The molecule has 1 aromatic carbocycles. The first-order valence-electron chi connectivity index (χ1n) is 15.4. The number of ether oxygens (including phenoxy) is 1. The average Bonchev–Trinajstić information content (AvgIpc) is 2.85. The van der Waals surface area contributed by atoms with Gasteiger partial charge in [-0.15, -0.1) is 0 Å². The van der Waals surface area contributed by atoms with Gasteiger partial charge in [-0.05, 0) is 60.8 Å². The van der Waals surface area contributed by atoms with Gasteiger partial charge in [-0.25, -0.2) is 0 Å². The van der Waals surface area contributed by atoms with Crippen LogP contribution in [0.15, 0.2) is 12.1 Å². The van der Waals surface area contributed by atoms with Gasteiger partial charge in [0.25, 0.3) is 0 Å². The molecular formula is C33H61O2P. The van der Waals surface area contributed by atoms with Crippen LogP contribution in [-0.4, -0.2) is 5.97 Å². The summed E-state index contributed by atoms with van der Waals surface area (Å²) in [5, 5.41) is 0. The third-order valence-corrected chi connectivity index (χ3v) is 7.42. The van der Waals surface area contributed by atoms with E-state index in [1.165, 1.54) is 146 Å². The van der Waals surface area contributed by atoms with Crippen LogP contribution in [0.1, 0.15) is 166 Å². The van der Waals surface area contributed by atoms with Crippen molar-refractivity contribution in [1.29, 1.82) is 0 Å². The molecule has 0 amide bonds. The lowest BCUT2D eigenvalue weighted by Crippen LogP contribution is -2.09. The van der Waals surface area contributed by atoms with E-state index in [9.17, 15) is 4.79 Å². The molecule has 210 valence electrons. The molecule has 0 N–H and O–H groups in total. The Hall–Kier alpha value is -0.880. The highest BCUT2D eigenvalue weighted by molar-refractivity contribution is 6.92. The highest BCUT2D eigenvalue weighted by Crippen LogP contribution is 2.27. The molecule has 0 heterocycles. The van der Waals surface area contributed by atoms with Crippen LogP contribution in [0.25, 0.3) is 0 Å². The van der Waals surface area contributed by atoms with E-state index in [0.717, 1.165) is 6.42 Å². The number of unbranched alkanes of at least 4 members (excludes halogenated alkanes) is 15. The van der Waals surface area contributed by atoms with E-state index >= 15 is 0 Å². The number of hydrogen-bond acceptors (Lipinski definition) is 2. The maximum atomic E-state index is 11.6. The van der Waals surface area contributed by atoms with E-state index in [2.05, 4.69) is 32.9 Å². The molecule has 36 heavy (non-hydrogen) atoms. The predicted molar refractivity (Wildman–Crippen MR) is 164 cm³/mol. The Kier molecular flexibility index (Phi) is 23.9. The fourth-order valence-corrected chi connectivity index (χ4v) is 5.22. The highest BCUT2D eigenvalue weighted by atomic mass is 31.0. The molecule has 1 aromatic rings. The second kappa shape index (κ2) is 24.5. The lowest BCUT2D eigenvalue weighted by Gasteiger charge is -2.20. The number of aryl methyl sites for hydroxylation is 1. The summed E-state index contributed by atoms with van der Waals surface area (Å²) in [6.45, 7) is 8.82. The molecule has 3 heteroatoms. The Labute approximate surface area is 228 Å². The summed E-state index contributed by atoms with van der Waals surface area (Å²) in [5.74, 6) is -0.177. The van der Waals surface area contributed by atoms with Crippen LogP contribution >= 0.6 is 9.90 Å². The predicted octanol–water partition coefficient (Wildman–Crippen LogP) is 10.5. The smallest absolute Gasteiger partial charge is 0.302 e. The molecule has 0 aliphatic heterocycles. The van der Waals surface area contributed by atoms with Gasteiger partial charge in [0.1, 0.15) is 6.61 Å². The average molecular weight is 521 g/mol. The minimum atomic E-state index is -0.177. The molecule has 0 radical (unpaired) electrons. The summed E-state index contributed by atoms with van der Waals surface area (Å²) in [7, 11) is 0. The van der Waals surface area contributed by atoms with Gasteiger partial charge in [0.15, 0.2) is 0 Å². The van der Waals surface area contributed by atoms with Gasteiger partial charge >= 0.3 is 5.97 Å². The Balaban J connectivity index is 0.0000122. The lowest BCUT2D eigenvalue weighted by molar-refractivity contribution is -0.142. The third kappa shape index (κ3) is 16.8. The van der Waals surface area contributed by atoms with Gasteiger partial charge in [-0.1, -0.05) is 129 Å². The van der Waals surface area contributed by atoms with E-state index in [0.29, 0.717) is 6.61 Å². The van der Waals surface area contributed by atoms with Crippen LogP contribution in [0.4, 0.5) is 0 Å². The zero-order valence-electron chi connectivity index (χ0n) is 24.7. The molecule has 2 nitrogen and oxygen atoms in total. The second-order valence-corrected chi connectivity index (χ2v) is 10.7. The van der Waals surface area contributed by atoms with Crippen LogP contribution < -0.4 is 0 Å². The van der Waals surface area contributed by atoms with Crippen LogP contribution in [-0.2, 0) is 35.4 Å². The third-order valence-electron chi connectivity index (χ3n) is 7.42. The standard InChI is InChI=1S/C33H58O2.H3P/c1-5-8-11-14-17-20-23-30-26-27-31(28-35-29(4)34)33(25-22-19-16-13-10-7-3)32(30)24-21-18-15-12-9-6-2;/h26-27H,5-25,28H2,1-4H3;1H3. The minimum Gasteiger partial charge on any atom is -0.461 e. The first-order valence-corrected chi connectivity index (χ1v) is 15.4. The number of benzene rings is 1. The molecule has 0 fully saturated rings. The van der Waals surface area contributed by atoms with Crippen molar-refractivity contribution >= 4 is 15.9 Å². The van der Waals surface area contributed by atoms with E-state index in [1.54, 1.807) is 11.1 Å². The number of esters is 1. The van der Waals surface area contributed by atoms with Gasteiger partial charge in [0.05, 0.1) is 0 Å². The summed E-state index contributed by atoms with van der Waals surface area (Å²) >= 11 is 0. The summed E-state index contributed by atoms with van der Waals surface area (Å²) in [6, 6.07) is 4.63. The quantitative estimate of drug-likeness (QED) is 0.0815. The number of carbonyl (C=O) groups is 1. The van der Waals surface area contributed by atoms with Crippen molar-refractivity contribution in [3.8, 4) is 0 Å². The molecule has 0 aliphatic rings. The SMILES string of the molecule is CCCCCCCCc1ccc(COC(C)=O)c(CCCCCCCC)c1CCCCCCCC.P. The zero-order chi connectivity index (χ0) is 25.6. The Morgan fingerprint density at radius 3 is 1.36 bits per heavy atom. The molecule has 0 saturated carbocycles. The van der Waals surface area contributed by atoms with E-state index in [1.807, 2.05) is 0 Å². The molecule has 0 aromatic heterocycles. The minimum absolute atomic E-state index is 0. The second-order valence-electron chi connectivity index (χ2n) is 10.7. The van der Waals surface area contributed by atoms with E-state index < -0.39 is 0 Å². The summed E-state index contributed by atoms with van der Waals surface area (Å²) in [4.78, 5) is 11.6. The fraction of sp³-hybridized carbons (Fsp3) is 0.788. The van der Waals surface area contributed by atoms with Crippen LogP contribution in [0, 0.1) is 0 Å². The molecule has 0 saturated heterocycles. The monoisotopic (exact) mass is 520 g/mol. The summed E-state index contributed by atoms with van der Waals surface area (Å²) in [6.07, 6.45) is 27.6. The molecule has 1 rings (SSSR count). The van der Waals surface area contributed by atoms with Gasteiger partial charge < -0.3 is 4.74 Å². The molecular weight excluding hydrogens is 459 g/mol.